The summed E-state index contributed by atoms with van der Waals surface area (Å²) in [6.07, 6.45) is -8.64. The van der Waals surface area contributed by atoms with Gasteiger partial charge < -0.3 is 5.11 Å². The van der Waals surface area contributed by atoms with Gasteiger partial charge in [0.05, 0.1) is 27.1 Å². The first kappa shape index (κ1) is 23.0. The third-order valence-electron chi connectivity index (χ3n) is 3.78. The maximum absolute atomic E-state index is 13.5. The van der Waals surface area contributed by atoms with Crippen molar-refractivity contribution in [2.75, 3.05) is 0 Å². The molecule has 29 heavy (non-hydrogen) atoms. The average Bonchev–Trinajstić information content (AvgIpc) is 2.57. The number of benzene rings is 2. The molecule has 0 heterocycles. The first-order valence-electron chi connectivity index (χ1n) is 7.55. The van der Waals surface area contributed by atoms with Crippen molar-refractivity contribution >= 4 is 35.2 Å². The summed E-state index contributed by atoms with van der Waals surface area (Å²) in [4.78, 5) is 10.9. The van der Waals surface area contributed by atoms with Gasteiger partial charge in [-0.1, -0.05) is 41.4 Å². The molecule has 2 aromatic carbocycles. The minimum atomic E-state index is -5.03. The van der Waals surface area contributed by atoms with Crippen LogP contribution in [0.5, 0.6) is 0 Å². The zero-order chi connectivity index (χ0) is 22.1. The number of halogens is 9. The third kappa shape index (κ3) is 5.42. The number of hydrogen-bond donors (Lipinski definition) is 1. The summed E-state index contributed by atoms with van der Waals surface area (Å²) in [5.74, 6) is -5.30. The van der Waals surface area contributed by atoms with Gasteiger partial charge in [-0.05, 0) is 35.4 Å². The van der Waals surface area contributed by atoms with Gasteiger partial charge in [0.2, 0.25) is 0 Å². The van der Waals surface area contributed by atoms with Crippen LogP contribution in [0.4, 0.5) is 30.7 Å². The van der Waals surface area contributed by atoms with E-state index in [1.54, 1.807) is 0 Å². The molecule has 0 saturated heterocycles. The SMILES string of the molecule is O=C(O)c1ccc(C=CC(c2cc(Cl)c(F)c(Cl)c2)C(F)(F)F)cc1C(F)(F)F. The predicted octanol–water partition coefficient (Wildman–Crippen LogP) is 7.21. The molecular formula is C18H9Cl2F7O2. The molecule has 1 unspecified atom stereocenters. The quantitative estimate of drug-likeness (QED) is 0.386. The minimum Gasteiger partial charge on any atom is -0.478 e. The van der Waals surface area contributed by atoms with Gasteiger partial charge in [0.15, 0.2) is 5.82 Å². The van der Waals surface area contributed by atoms with Crippen LogP contribution in [0.25, 0.3) is 6.08 Å². The fourth-order valence-electron chi connectivity index (χ4n) is 2.46. The molecule has 2 rings (SSSR count). The van der Waals surface area contributed by atoms with Crippen molar-refractivity contribution in [3.05, 3.63) is 74.5 Å². The minimum absolute atomic E-state index is 0.323. The van der Waals surface area contributed by atoms with E-state index in [2.05, 4.69) is 0 Å². The lowest BCUT2D eigenvalue weighted by molar-refractivity contribution is -0.139. The van der Waals surface area contributed by atoms with Crippen molar-refractivity contribution in [2.45, 2.75) is 18.3 Å². The first-order valence-corrected chi connectivity index (χ1v) is 8.31. The Morgan fingerprint density at radius 3 is 2.00 bits per heavy atom. The smallest absolute Gasteiger partial charge is 0.417 e. The highest BCUT2D eigenvalue weighted by atomic mass is 35.5. The van der Waals surface area contributed by atoms with Gasteiger partial charge in [-0.3, -0.25) is 0 Å². The fraction of sp³-hybridized carbons (Fsp3) is 0.167. The molecule has 2 nitrogen and oxygen atoms in total. The molecule has 1 atom stereocenters. The normalized spacial score (nSPS) is 13.7. The van der Waals surface area contributed by atoms with Crippen LogP contribution in [0.15, 0.2) is 36.4 Å². The van der Waals surface area contributed by atoms with Crippen molar-refractivity contribution in [1.82, 2.24) is 0 Å². The monoisotopic (exact) mass is 460 g/mol. The summed E-state index contributed by atoms with van der Waals surface area (Å²) >= 11 is 11.0. The molecule has 1 N–H and O–H groups in total. The standard InChI is InChI=1S/C18H9Cl2F7O2/c19-13-6-9(7-14(20)15(13)21)11(17(22,23)24)4-2-8-1-3-10(16(28)29)12(5-8)18(25,26)27/h1-7,11H,(H,28,29). The van der Waals surface area contributed by atoms with Crippen LogP contribution >= 0.6 is 23.2 Å². The van der Waals surface area contributed by atoms with E-state index in [0.29, 0.717) is 30.3 Å². The van der Waals surface area contributed by atoms with E-state index in [-0.39, 0.29) is 5.56 Å². The Balaban J connectivity index is 2.52. The molecule has 0 bridgehead atoms. The molecule has 11 heteroatoms. The number of carboxylic acid groups (broad SMARTS) is 1. The number of allylic oxidation sites excluding steroid dienone is 1. The molecule has 0 amide bonds. The third-order valence-corrected chi connectivity index (χ3v) is 4.33. The van der Waals surface area contributed by atoms with Crippen LogP contribution in [0.1, 0.15) is 33.0 Å². The molecule has 0 fully saturated rings. The van der Waals surface area contributed by atoms with Gasteiger partial charge in [0.25, 0.3) is 0 Å². The number of rotatable bonds is 4. The summed E-state index contributed by atoms with van der Waals surface area (Å²) in [7, 11) is 0. The number of hydrogen-bond acceptors (Lipinski definition) is 1. The number of carbonyl (C=O) groups is 1. The summed E-state index contributed by atoms with van der Waals surface area (Å²) in [6, 6.07) is 3.39. The van der Waals surface area contributed by atoms with Gasteiger partial charge in [0.1, 0.15) is 0 Å². The summed E-state index contributed by atoms with van der Waals surface area (Å²) < 4.78 is 92.8. The molecule has 0 saturated carbocycles. The molecular weight excluding hydrogens is 452 g/mol. The van der Waals surface area contributed by atoms with Crippen LogP contribution in [0.3, 0.4) is 0 Å². The molecule has 156 valence electrons. The maximum Gasteiger partial charge on any atom is 0.417 e. The Bertz CT molecular complexity index is 943. The second-order valence-corrected chi connectivity index (χ2v) is 6.60. The van der Waals surface area contributed by atoms with Crippen molar-refractivity contribution in [3.8, 4) is 0 Å². The van der Waals surface area contributed by atoms with Crippen molar-refractivity contribution in [2.24, 2.45) is 0 Å². The number of carboxylic acids is 1. The Labute approximate surface area is 169 Å². The van der Waals surface area contributed by atoms with E-state index in [1.165, 1.54) is 0 Å². The second kappa shape index (κ2) is 8.23. The van der Waals surface area contributed by atoms with Crippen molar-refractivity contribution < 1.29 is 40.6 Å². The van der Waals surface area contributed by atoms with E-state index < -0.39 is 56.8 Å². The lowest BCUT2D eigenvalue weighted by atomic mass is 9.96. The largest absolute Gasteiger partial charge is 0.478 e. The molecule has 0 aliphatic rings. The molecule has 0 spiro atoms. The lowest BCUT2D eigenvalue weighted by Crippen LogP contribution is -2.19. The molecule has 0 radical (unpaired) electrons. The summed E-state index contributed by atoms with van der Waals surface area (Å²) in [5, 5.41) is 7.54. The van der Waals surface area contributed by atoms with Crippen LogP contribution in [-0.4, -0.2) is 17.3 Å². The van der Waals surface area contributed by atoms with Crippen LogP contribution < -0.4 is 0 Å². The van der Waals surface area contributed by atoms with Crippen LogP contribution in [-0.2, 0) is 6.18 Å². The second-order valence-electron chi connectivity index (χ2n) is 5.78. The highest BCUT2D eigenvalue weighted by Gasteiger charge is 2.40. The van der Waals surface area contributed by atoms with Gasteiger partial charge in [-0.2, -0.15) is 26.3 Å². The zero-order valence-electron chi connectivity index (χ0n) is 13.9. The molecule has 0 aliphatic heterocycles. The average molecular weight is 461 g/mol. The highest BCUT2D eigenvalue weighted by Crippen LogP contribution is 2.40. The Kier molecular flexibility index (Phi) is 6.54. The van der Waals surface area contributed by atoms with E-state index >= 15 is 0 Å². The van der Waals surface area contributed by atoms with E-state index in [0.717, 1.165) is 12.1 Å². The Morgan fingerprint density at radius 1 is 1.00 bits per heavy atom. The summed E-state index contributed by atoms with van der Waals surface area (Å²) in [5.41, 5.74) is -3.40. The molecule has 0 aliphatic carbocycles. The lowest BCUT2D eigenvalue weighted by Gasteiger charge is -2.18. The van der Waals surface area contributed by atoms with Crippen molar-refractivity contribution in [3.63, 3.8) is 0 Å². The zero-order valence-corrected chi connectivity index (χ0v) is 15.4. The molecule has 2 aromatic rings. The maximum atomic E-state index is 13.5. The highest BCUT2D eigenvalue weighted by molar-refractivity contribution is 6.35. The number of aromatic carboxylic acids is 1. The molecule has 0 aromatic heterocycles. The topological polar surface area (TPSA) is 37.3 Å². The Hall–Kier alpha value is -2.26. The van der Waals surface area contributed by atoms with Gasteiger partial charge >= 0.3 is 18.3 Å². The van der Waals surface area contributed by atoms with Gasteiger partial charge in [0, 0.05) is 0 Å². The predicted molar refractivity (Wildman–Crippen MR) is 92.7 cm³/mol. The van der Waals surface area contributed by atoms with Crippen LogP contribution in [0, 0.1) is 5.82 Å². The van der Waals surface area contributed by atoms with Crippen LogP contribution in [0.2, 0.25) is 10.0 Å². The van der Waals surface area contributed by atoms with Crippen molar-refractivity contribution in [1.29, 1.82) is 0 Å². The van der Waals surface area contributed by atoms with E-state index in [4.69, 9.17) is 28.3 Å². The first-order chi connectivity index (χ1) is 13.2. The Morgan fingerprint density at radius 2 is 1.55 bits per heavy atom. The van der Waals surface area contributed by atoms with Gasteiger partial charge in [-0.15, -0.1) is 0 Å². The van der Waals surface area contributed by atoms with E-state index in [9.17, 15) is 35.5 Å². The van der Waals surface area contributed by atoms with Gasteiger partial charge in [-0.25, -0.2) is 9.18 Å². The van der Waals surface area contributed by atoms with E-state index in [1.807, 2.05) is 0 Å². The number of alkyl halides is 6. The summed E-state index contributed by atoms with van der Waals surface area (Å²) in [6.45, 7) is 0. The fourth-order valence-corrected chi connectivity index (χ4v) is 2.96.